The monoisotopic (exact) mass is 326 g/mol. The van der Waals surface area contributed by atoms with Crippen LogP contribution in [0.5, 0.6) is 11.5 Å². The summed E-state index contributed by atoms with van der Waals surface area (Å²) in [5, 5.41) is 5.59. The molecule has 124 valence electrons. The molecule has 1 aliphatic heterocycles. The second kappa shape index (κ2) is 7.04. The maximum Gasteiger partial charge on any atom is 0.255 e. The largest absolute Gasteiger partial charge is 0.454 e. The molecule has 0 saturated heterocycles. The third-order valence-electron chi connectivity index (χ3n) is 3.65. The van der Waals surface area contributed by atoms with E-state index in [1.807, 2.05) is 19.1 Å². The molecule has 0 unspecified atom stereocenters. The Balaban J connectivity index is 1.63. The Morgan fingerprint density at radius 3 is 2.54 bits per heavy atom. The molecule has 0 fully saturated rings. The number of hydrogen-bond acceptors (Lipinski definition) is 4. The van der Waals surface area contributed by atoms with Crippen molar-refractivity contribution in [3.63, 3.8) is 0 Å². The van der Waals surface area contributed by atoms with Crippen molar-refractivity contribution >= 4 is 11.8 Å². The molecule has 6 heteroatoms. The van der Waals surface area contributed by atoms with Crippen LogP contribution in [0.15, 0.2) is 42.5 Å². The van der Waals surface area contributed by atoms with Crippen molar-refractivity contribution in [3.8, 4) is 11.5 Å². The molecule has 1 heterocycles. The maximum absolute atomic E-state index is 12.3. The third-order valence-corrected chi connectivity index (χ3v) is 3.65. The standard InChI is InChI=1S/C18H18N2O4/c1-2-19-17(21)13-8-6-12(7-9-13)10-20-18(22)14-4-3-5-15-16(14)24-11-23-15/h3-9H,2,10-11H2,1H3,(H,19,21)(H,20,22). The van der Waals surface area contributed by atoms with Gasteiger partial charge in [-0.2, -0.15) is 0 Å². The highest BCUT2D eigenvalue weighted by molar-refractivity contribution is 5.98. The van der Waals surface area contributed by atoms with E-state index in [2.05, 4.69) is 10.6 Å². The molecular weight excluding hydrogens is 308 g/mol. The van der Waals surface area contributed by atoms with Gasteiger partial charge in [0.1, 0.15) is 0 Å². The molecule has 0 atom stereocenters. The van der Waals surface area contributed by atoms with Crippen LogP contribution < -0.4 is 20.1 Å². The summed E-state index contributed by atoms with van der Waals surface area (Å²) in [4.78, 5) is 24.0. The minimum atomic E-state index is -0.231. The van der Waals surface area contributed by atoms with Gasteiger partial charge in [-0.15, -0.1) is 0 Å². The summed E-state index contributed by atoms with van der Waals surface area (Å²) in [5.41, 5.74) is 1.95. The van der Waals surface area contributed by atoms with Gasteiger partial charge < -0.3 is 20.1 Å². The minimum absolute atomic E-state index is 0.106. The summed E-state index contributed by atoms with van der Waals surface area (Å²) in [6.45, 7) is 2.95. The third kappa shape index (κ3) is 3.32. The molecule has 0 radical (unpaired) electrons. The first-order valence-corrected chi connectivity index (χ1v) is 7.73. The number of benzene rings is 2. The van der Waals surface area contributed by atoms with E-state index >= 15 is 0 Å². The quantitative estimate of drug-likeness (QED) is 0.882. The van der Waals surface area contributed by atoms with Crippen molar-refractivity contribution in [3.05, 3.63) is 59.2 Å². The van der Waals surface area contributed by atoms with Gasteiger partial charge >= 0.3 is 0 Å². The van der Waals surface area contributed by atoms with E-state index in [0.29, 0.717) is 35.7 Å². The van der Waals surface area contributed by atoms with Crippen LogP contribution in [0.3, 0.4) is 0 Å². The molecule has 2 N–H and O–H groups in total. The highest BCUT2D eigenvalue weighted by Crippen LogP contribution is 2.35. The Morgan fingerprint density at radius 1 is 1.00 bits per heavy atom. The van der Waals surface area contributed by atoms with Crippen LogP contribution in [0, 0.1) is 0 Å². The molecule has 0 spiro atoms. The molecular formula is C18H18N2O4. The Bertz CT molecular complexity index is 756. The van der Waals surface area contributed by atoms with Gasteiger partial charge in [-0.25, -0.2) is 0 Å². The van der Waals surface area contributed by atoms with Crippen LogP contribution in [-0.4, -0.2) is 25.2 Å². The lowest BCUT2D eigenvalue weighted by molar-refractivity contribution is 0.0940. The number of fused-ring (bicyclic) bond motifs is 1. The number of amides is 2. The van der Waals surface area contributed by atoms with Gasteiger partial charge in [0, 0.05) is 18.7 Å². The number of para-hydroxylation sites is 1. The smallest absolute Gasteiger partial charge is 0.255 e. The fourth-order valence-electron chi connectivity index (χ4n) is 2.42. The average Bonchev–Trinajstić information content (AvgIpc) is 3.09. The number of ether oxygens (including phenoxy) is 2. The number of carbonyl (C=O) groups excluding carboxylic acids is 2. The first-order valence-electron chi connectivity index (χ1n) is 7.73. The Kier molecular flexibility index (Phi) is 4.65. The molecule has 24 heavy (non-hydrogen) atoms. The molecule has 0 aromatic heterocycles. The lowest BCUT2D eigenvalue weighted by Crippen LogP contribution is -2.24. The van der Waals surface area contributed by atoms with Crippen LogP contribution >= 0.6 is 0 Å². The molecule has 2 aromatic carbocycles. The lowest BCUT2D eigenvalue weighted by atomic mass is 10.1. The zero-order valence-electron chi connectivity index (χ0n) is 13.3. The molecule has 3 rings (SSSR count). The van der Waals surface area contributed by atoms with Crippen LogP contribution in [-0.2, 0) is 6.54 Å². The normalized spacial score (nSPS) is 11.9. The summed E-state index contributed by atoms with van der Waals surface area (Å²) < 4.78 is 10.6. The van der Waals surface area contributed by atoms with Crippen molar-refractivity contribution in [1.82, 2.24) is 10.6 Å². The van der Waals surface area contributed by atoms with E-state index in [9.17, 15) is 9.59 Å². The van der Waals surface area contributed by atoms with Gasteiger partial charge in [-0.05, 0) is 36.8 Å². The summed E-state index contributed by atoms with van der Waals surface area (Å²) in [5.74, 6) is 0.714. The van der Waals surface area contributed by atoms with Crippen LogP contribution in [0.25, 0.3) is 0 Å². The molecule has 6 nitrogen and oxygen atoms in total. The molecule has 2 aromatic rings. The lowest BCUT2D eigenvalue weighted by Gasteiger charge is -2.08. The molecule has 0 aliphatic carbocycles. The first-order chi connectivity index (χ1) is 11.7. The van der Waals surface area contributed by atoms with Gasteiger partial charge in [0.05, 0.1) is 5.56 Å². The Morgan fingerprint density at radius 2 is 1.79 bits per heavy atom. The number of nitrogens with one attached hydrogen (secondary N) is 2. The van der Waals surface area contributed by atoms with E-state index in [4.69, 9.17) is 9.47 Å². The molecule has 0 saturated carbocycles. The second-order valence-corrected chi connectivity index (χ2v) is 5.28. The first kappa shape index (κ1) is 15.9. The van der Waals surface area contributed by atoms with Gasteiger partial charge in [0.15, 0.2) is 11.5 Å². The van der Waals surface area contributed by atoms with Crippen LogP contribution in [0.4, 0.5) is 0 Å². The van der Waals surface area contributed by atoms with Gasteiger partial charge in [0.2, 0.25) is 6.79 Å². The maximum atomic E-state index is 12.3. The van der Waals surface area contributed by atoms with Gasteiger partial charge in [-0.3, -0.25) is 9.59 Å². The zero-order chi connectivity index (χ0) is 16.9. The fourth-order valence-corrected chi connectivity index (χ4v) is 2.42. The Labute approximate surface area is 139 Å². The van der Waals surface area contributed by atoms with Crippen molar-refractivity contribution < 1.29 is 19.1 Å². The van der Waals surface area contributed by atoms with Crippen molar-refractivity contribution in [2.45, 2.75) is 13.5 Å². The van der Waals surface area contributed by atoms with E-state index < -0.39 is 0 Å². The second-order valence-electron chi connectivity index (χ2n) is 5.28. The molecule has 0 bridgehead atoms. The van der Waals surface area contributed by atoms with E-state index in [-0.39, 0.29) is 18.6 Å². The number of carbonyl (C=O) groups is 2. The van der Waals surface area contributed by atoms with Crippen LogP contribution in [0.2, 0.25) is 0 Å². The fraction of sp³-hybridized carbons (Fsp3) is 0.222. The van der Waals surface area contributed by atoms with Gasteiger partial charge in [-0.1, -0.05) is 18.2 Å². The van der Waals surface area contributed by atoms with Crippen LogP contribution in [0.1, 0.15) is 33.2 Å². The van der Waals surface area contributed by atoms with Crippen molar-refractivity contribution in [2.24, 2.45) is 0 Å². The highest BCUT2D eigenvalue weighted by atomic mass is 16.7. The summed E-state index contributed by atoms with van der Waals surface area (Å²) >= 11 is 0. The van der Waals surface area contributed by atoms with Crippen molar-refractivity contribution in [2.75, 3.05) is 13.3 Å². The molecule has 1 aliphatic rings. The SMILES string of the molecule is CCNC(=O)c1ccc(CNC(=O)c2cccc3c2OCO3)cc1. The average molecular weight is 326 g/mol. The summed E-state index contributed by atoms with van der Waals surface area (Å²) in [7, 11) is 0. The summed E-state index contributed by atoms with van der Waals surface area (Å²) in [6, 6.07) is 12.3. The summed E-state index contributed by atoms with van der Waals surface area (Å²) in [6.07, 6.45) is 0. The van der Waals surface area contributed by atoms with E-state index in [1.54, 1.807) is 30.3 Å². The predicted molar refractivity (Wildman–Crippen MR) is 88.2 cm³/mol. The van der Waals surface area contributed by atoms with Crippen molar-refractivity contribution in [1.29, 1.82) is 0 Å². The Hall–Kier alpha value is -3.02. The highest BCUT2D eigenvalue weighted by Gasteiger charge is 2.21. The van der Waals surface area contributed by atoms with E-state index in [0.717, 1.165) is 5.56 Å². The predicted octanol–water partition coefficient (Wildman–Crippen LogP) is 2.10. The number of hydrogen-bond donors (Lipinski definition) is 2. The molecule has 2 amide bonds. The zero-order valence-corrected chi connectivity index (χ0v) is 13.3. The minimum Gasteiger partial charge on any atom is -0.454 e. The topological polar surface area (TPSA) is 76.7 Å². The number of rotatable bonds is 5. The van der Waals surface area contributed by atoms with Gasteiger partial charge in [0.25, 0.3) is 11.8 Å². The van der Waals surface area contributed by atoms with E-state index in [1.165, 1.54) is 0 Å².